The molecule has 2 heterocycles. The van der Waals surface area contributed by atoms with Crippen LogP contribution in [0.3, 0.4) is 0 Å². The molecule has 0 N–H and O–H groups in total. The first-order chi connectivity index (χ1) is 16.1. The second-order valence-electron chi connectivity index (χ2n) is 7.84. The number of fused-ring (bicyclic) bond motifs is 1. The summed E-state index contributed by atoms with van der Waals surface area (Å²) in [5.74, 6) is -0.828. The highest BCUT2D eigenvalue weighted by Gasteiger charge is 2.60. The lowest BCUT2D eigenvalue weighted by Crippen LogP contribution is -2.37. The molecular formula is C26H24N2O4S. The molecule has 5 rings (SSSR count). The van der Waals surface area contributed by atoms with E-state index < -0.39 is 18.1 Å². The number of thioether (sulfide) groups is 1. The van der Waals surface area contributed by atoms with Gasteiger partial charge in [-0.3, -0.25) is 14.4 Å². The van der Waals surface area contributed by atoms with Crippen LogP contribution in [0.25, 0.3) is 0 Å². The first-order valence-electron chi connectivity index (χ1n) is 10.9. The van der Waals surface area contributed by atoms with Gasteiger partial charge < -0.3 is 4.74 Å². The number of ether oxygens (including phenoxy) is 1. The molecule has 0 radical (unpaired) electrons. The topological polar surface area (TPSA) is 59.1 Å². The first-order valence-corrected chi connectivity index (χ1v) is 12.1. The molecule has 2 amide bonds. The molecular weight excluding hydrogens is 436 g/mol. The first kappa shape index (κ1) is 21.6. The number of anilines is 2. The van der Waals surface area contributed by atoms with E-state index >= 15 is 0 Å². The Hall–Kier alpha value is -3.29. The summed E-state index contributed by atoms with van der Waals surface area (Å²) in [5.41, 5.74) is 2.17. The molecule has 0 aliphatic carbocycles. The Morgan fingerprint density at radius 2 is 1.61 bits per heavy atom. The lowest BCUT2D eigenvalue weighted by Gasteiger charge is -2.29. The van der Waals surface area contributed by atoms with E-state index in [1.807, 2.05) is 73.8 Å². The van der Waals surface area contributed by atoms with Crippen LogP contribution in [-0.2, 0) is 14.4 Å². The van der Waals surface area contributed by atoms with Gasteiger partial charge in [-0.1, -0.05) is 42.5 Å². The summed E-state index contributed by atoms with van der Waals surface area (Å²) < 4.78 is 5.70. The second kappa shape index (κ2) is 8.92. The molecule has 7 heteroatoms. The maximum Gasteiger partial charge on any atom is 0.266 e. The summed E-state index contributed by atoms with van der Waals surface area (Å²) in [5, 5.41) is 1.71. The van der Waals surface area contributed by atoms with Crippen LogP contribution in [0.1, 0.15) is 18.5 Å². The third kappa shape index (κ3) is 3.67. The molecule has 33 heavy (non-hydrogen) atoms. The standard InChI is InChI=1S/C26H24N2O4S/c1-3-31-21-12-8-7-11-20(21)27-25(29)22-23(17-13-15-19(33-2)16-14-17)28(32-24(22)26(27)30)18-9-5-4-6-10-18/h4-16,22-24H,3H2,1-2H3/t22-,23-,24+/m0/s1. The molecule has 6 nitrogen and oxygen atoms in total. The summed E-state index contributed by atoms with van der Waals surface area (Å²) >= 11 is 1.65. The van der Waals surface area contributed by atoms with Gasteiger partial charge in [-0.15, -0.1) is 11.8 Å². The smallest absolute Gasteiger partial charge is 0.266 e. The van der Waals surface area contributed by atoms with Crippen LogP contribution in [-0.4, -0.2) is 30.8 Å². The minimum absolute atomic E-state index is 0.283. The number of carbonyl (C=O) groups is 2. The number of rotatable bonds is 6. The van der Waals surface area contributed by atoms with E-state index in [2.05, 4.69) is 0 Å². The number of nitrogens with zero attached hydrogens (tertiary/aromatic N) is 2. The summed E-state index contributed by atoms with van der Waals surface area (Å²) in [4.78, 5) is 35.8. The van der Waals surface area contributed by atoms with Gasteiger partial charge in [0.05, 0.1) is 24.0 Å². The fraction of sp³-hybridized carbons (Fsp3) is 0.231. The van der Waals surface area contributed by atoms with Gasteiger partial charge in [0, 0.05) is 4.90 Å². The van der Waals surface area contributed by atoms with Gasteiger partial charge in [-0.25, -0.2) is 9.96 Å². The maximum atomic E-state index is 13.8. The number of imide groups is 1. The Balaban J connectivity index is 1.57. The number of para-hydroxylation sites is 3. The van der Waals surface area contributed by atoms with E-state index in [1.54, 1.807) is 35.0 Å². The molecule has 0 saturated carbocycles. The molecule has 3 aromatic carbocycles. The van der Waals surface area contributed by atoms with Crippen LogP contribution < -0.4 is 14.7 Å². The van der Waals surface area contributed by atoms with Crippen LogP contribution >= 0.6 is 11.8 Å². The number of carbonyl (C=O) groups excluding carboxylic acids is 2. The Labute approximate surface area is 197 Å². The molecule has 3 aromatic rings. The van der Waals surface area contributed by atoms with E-state index in [0.717, 1.165) is 16.1 Å². The van der Waals surface area contributed by atoms with Gasteiger partial charge in [0.2, 0.25) is 5.91 Å². The summed E-state index contributed by atoms with van der Waals surface area (Å²) in [7, 11) is 0. The zero-order chi connectivity index (χ0) is 22.9. The molecule has 168 valence electrons. The van der Waals surface area contributed by atoms with E-state index in [1.165, 1.54) is 4.90 Å². The van der Waals surface area contributed by atoms with Gasteiger partial charge in [-0.2, -0.15) is 0 Å². The Bertz CT molecular complexity index is 1170. The highest BCUT2D eigenvalue weighted by atomic mass is 32.2. The maximum absolute atomic E-state index is 13.8. The largest absolute Gasteiger partial charge is 0.492 e. The van der Waals surface area contributed by atoms with Crippen molar-refractivity contribution in [3.05, 3.63) is 84.4 Å². The van der Waals surface area contributed by atoms with Crippen LogP contribution in [0.5, 0.6) is 5.75 Å². The number of hydrogen-bond acceptors (Lipinski definition) is 6. The number of hydroxylamine groups is 1. The lowest BCUT2D eigenvalue weighted by atomic mass is 9.90. The van der Waals surface area contributed by atoms with Gasteiger partial charge in [0.15, 0.2) is 6.10 Å². The number of hydrogen-bond donors (Lipinski definition) is 0. The van der Waals surface area contributed by atoms with Gasteiger partial charge >= 0.3 is 0 Å². The highest BCUT2D eigenvalue weighted by molar-refractivity contribution is 7.98. The molecule has 0 bridgehead atoms. The van der Waals surface area contributed by atoms with Crippen LogP contribution in [0.4, 0.5) is 11.4 Å². The molecule has 2 saturated heterocycles. The molecule has 0 unspecified atom stereocenters. The second-order valence-corrected chi connectivity index (χ2v) is 8.72. The summed E-state index contributed by atoms with van der Waals surface area (Å²) in [6, 6.07) is 24.3. The molecule has 0 aromatic heterocycles. The zero-order valence-corrected chi connectivity index (χ0v) is 19.2. The molecule has 2 aliphatic heterocycles. The summed E-state index contributed by atoms with van der Waals surface area (Å²) in [6.07, 6.45) is 1.12. The van der Waals surface area contributed by atoms with Gasteiger partial charge in [0.1, 0.15) is 11.7 Å². The van der Waals surface area contributed by atoms with Crippen molar-refractivity contribution in [2.24, 2.45) is 5.92 Å². The van der Waals surface area contributed by atoms with Gasteiger partial charge in [-0.05, 0) is 55.1 Å². The normalized spacial score (nSPS) is 22.1. The van der Waals surface area contributed by atoms with Crippen LogP contribution in [0.15, 0.2) is 83.8 Å². The van der Waals surface area contributed by atoms with Crippen molar-refractivity contribution >= 4 is 35.0 Å². The zero-order valence-electron chi connectivity index (χ0n) is 18.4. The predicted molar refractivity (Wildman–Crippen MR) is 128 cm³/mol. The van der Waals surface area contributed by atoms with Crippen LogP contribution in [0.2, 0.25) is 0 Å². The predicted octanol–water partition coefficient (Wildman–Crippen LogP) is 4.86. The monoisotopic (exact) mass is 460 g/mol. The average molecular weight is 461 g/mol. The minimum atomic E-state index is -0.905. The quantitative estimate of drug-likeness (QED) is 0.387. The fourth-order valence-electron chi connectivity index (χ4n) is 4.51. The van der Waals surface area contributed by atoms with E-state index in [0.29, 0.717) is 18.0 Å². The molecule has 0 spiro atoms. The van der Waals surface area contributed by atoms with Crippen molar-refractivity contribution < 1.29 is 19.2 Å². The Kier molecular flexibility index (Phi) is 5.83. The molecule has 3 atom stereocenters. The average Bonchev–Trinajstić information content (AvgIpc) is 3.36. The van der Waals surface area contributed by atoms with E-state index in [9.17, 15) is 9.59 Å². The van der Waals surface area contributed by atoms with E-state index in [-0.39, 0.29) is 11.8 Å². The van der Waals surface area contributed by atoms with Gasteiger partial charge in [0.25, 0.3) is 5.91 Å². The number of amides is 2. The van der Waals surface area contributed by atoms with Crippen molar-refractivity contribution in [1.29, 1.82) is 0 Å². The van der Waals surface area contributed by atoms with Crippen molar-refractivity contribution in [3.63, 3.8) is 0 Å². The lowest BCUT2D eigenvalue weighted by molar-refractivity contribution is -0.126. The highest BCUT2D eigenvalue weighted by Crippen LogP contribution is 2.48. The Morgan fingerprint density at radius 3 is 2.30 bits per heavy atom. The van der Waals surface area contributed by atoms with Crippen LogP contribution in [0, 0.1) is 5.92 Å². The minimum Gasteiger partial charge on any atom is -0.492 e. The third-order valence-corrected chi connectivity index (χ3v) is 6.73. The Morgan fingerprint density at radius 1 is 0.909 bits per heavy atom. The third-order valence-electron chi connectivity index (χ3n) is 5.99. The SMILES string of the molecule is CCOc1ccccc1N1C(=O)[C@@H]2[C@@H](ON(c3ccccc3)[C@H]2c2ccc(SC)cc2)C1=O. The summed E-state index contributed by atoms with van der Waals surface area (Å²) in [6.45, 7) is 2.30. The molecule has 2 aliphatic rings. The van der Waals surface area contributed by atoms with Crippen molar-refractivity contribution in [2.75, 3.05) is 22.8 Å². The fourth-order valence-corrected chi connectivity index (χ4v) is 4.92. The van der Waals surface area contributed by atoms with Crippen molar-refractivity contribution in [1.82, 2.24) is 0 Å². The molecule has 2 fully saturated rings. The van der Waals surface area contributed by atoms with Crippen molar-refractivity contribution in [2.45, 2.75) is 24.0 Å². The van der Waals surface area contributed by atoms with Crippen molar-refractivity contribution in [3.8, 4) is 5.75 Å². The van der Waals surface area contributed by atoms with E-state index in [4.69, 9.17) is 9.57 Å². The number of benzene rings is 3.